The quantitative estimate of drug-likeness (QED) is 0.499. The number of rotatable bonds is 7. The van der Waals surface area contributed by atoms with Gasteiger partial charge in [-0.05, 0) is 92.9 Å². The molecule has 2 heterocycles. The van der Waals surface area contributed by atoms with E-state index in [4.69, 9.17) is 5.11 Å². The molecule has 0 radical (unpaired) electrons. The molecule has 6 nitrogen and oxygen atoms in total. The number of halogens is 1. The van der Waals surface area contributed by atoms with Crippen LogP contribution in [0, 0.1) is 11.8 Å². The first-order chi connectivity index (χ1) is 17.1. The molecule has 1 aromatic rings. The van der Waals surface area contributed by atoms with Crippen molar-refractivity contribution in [3.05, 3.63) is 29.3 Å². The van der Waals surface area contributed by atoms with Gasteiger partial charge < -0.3 is 14.9 Å². The summed E-state index contributed by atoms with van der Waals surface area (Å²) >= 11 is 0. The molecule has 0 bridgehead atoms. The zero-order valence-corrected chi connectivity index (χ0v) is 22.5. The normalized spacial score (nSPS) is 25.8. The summed E-state index contributed by atoms with van der Waals surface area (Å²) in [5.41, 5.74) is 3.95. The second-order valence-corrected chi connectivity index (χ2v) is 11.5. The zero-order valence-electron chi connectivity index (χ0n) is 21.7. The molecular weight excluding hydrogens is 474 g/mol. The molecule has 7 heteroatoms. The molecule has 1 N–H and O–H groups in total. The number of aliphatic carboxylic acids is 1. The SMILES string of the molecule is Cl.O=C(O)CC[C@H]1CC[C@H](N2CCN(c3ccc4c(c3)CCN(CC3CCCCC3)CC4)C2=O)CC1. The van der Waals surface area contributed by atoms with E-state index in [0.29, 0.717) is 12.0 Å². The van der Waals surface area contributed by atoms with Gasteiger partial charge in [0, 0.05) is 50.9 Å². The predicted octanol–water partition coefficient (Wildman–Crippen LogP) is 5.75. The Morgan fingerprint density at radius 3 is 2.31 bits per heavy atom. The lowest BCUT2D eigenvalue weighted by atomic mass is 9.83. The number of urea groups is 1. The lowest BCUT2D eigenvalue weighted by Crippen LogP contribution is -2.41. The van der Waals surface area contributed by atoms with E-state index in [9.17, 15) is 9.59 Å². The Hall–Kier alpha value is -1.79. The van der Waals surface area contributed by atoms with E-state index in [-0.39, 0.29) is 24.9 Å². The van der Waals surface area contributed by atoms with Gasteiger partial charge in [-0.2, -0.15) is 0 Å². The maximum atomic E-state index is 13.4. The van der Waals surface area contributed by atoms with Crippen molar-refractivity contribution < 1.29 is 14.7 Å². The van der Waals surface area contributed by atoms with Crippen molar-refractivity contribution >= 4 is 30.1 Å². The van der Waals surface area contributed by atoms with Crippen LogP contribution in [0.4, 0.5) is 10.5 Å². The summed E-state index contributed by atoms with van der Waals surface area (Å²) < 4.78 is 0. The van der Waals surface area contributed by atoms with Crippen LogP contribution in [0.2, 0.25) is 0 Å². The molecule has 3 fully saturated rings. The van der Waals surface area contributed by atoms with Gasteiger partial charge in [0.05, 0.1) is 0 Å². The first-order valence-corrected chi connectivity index (χ1v) is 14.2. The summed E-state index contributed by atoms with van der Waals surface area (Å²) in [5, 5.41) is 8.95. The fourth-order valence-electron chi connectivity index (χ4n) is 7.05. The third-order valence-electron chi connectivity index (χ3n) is 9.20. The third kappa shape index (κ3) is 6.55. The number of amides is 2. The van der Waals surface area contributed by atoms with Crippen molar-refractivity contribution in [2.24, 2.45) is 11.8 Å². The minimum absolute atomic E-state index is 0. The molecular formula is C29H44ClN3O3. The fourth-order valence-corrected chi connectivity index (χ4v) is 7.05. The van der Waals surface area contributed by atoms with Gasteiger partial charge in [0.1, 0.15) is 0 Å². The number of anilines is 1. The van der Waals surface area contributed by atoms with Gasteiger partial charge in [0.2, 0.25) is 0 Å². The highest BCUT2D eigenvalue weighted by molar-refractivity contribution is 5.94. The van der Waals surface area contributed by atoms with E-state index < -0.39 is 5.97 Å². The van der Waals surface area contributed by atoms with E-state index in [0.717, 1.165) is 82.7 Å². The van der Waals surface area contributed by atoms with E-state index in [2.05, 4.69) is 28.0 Å². The molecule has 1 saturated heterocycles. The summed E-state index contributed by atoms with van der Waals surface area (Å²) in [6.07, 6.45) is 14.4. The maximum Gasteiger partial charge on any atom is 0.324 e. The first-order valence-electron chi connectivity index (χ1n) is 14.2. The van der Waals surface area contributed by atoms with Crippen LogP contribution in [0.3, 0.4) is 0 Å². The molecule has 0 unspecified atom stereocenters. The molecule has 5 rings (SSSR count). The molecule has 4 aliphatic rings. The summed E-state index contributed by atoms with van der Waals surface area (Å²) in [4.78, 5) is 31.0. The third-order valence-corrected chi connectivity index (χ3v) is 9.20. The average Bonchev–Trinajstić information content (AvgIpc) is 3.14. The maximum absolute atomic E-state index is 13.4. The van der Waals surface area contributed by atoms with Gasteiger partial charge >= 0.3 is 12.0 Å². The van der Waals surface area contributed by atoms with Crippen LogP contribution in [0.25, 0.3) is 0 Å². The average molecular weight is 518 g/mol. The number of hydrogen-bond donors (Lipinski definition) is 1. The van der Waals surface area contributed by atoms with Crippen molar-refractivity contribution in [3.8, 4) is 0 Å². The lowest BCUT2D eigenvalue weighted by Gasteiger charge is -2.34. The van der Waals surface area contributed by atoms with Crippen LogP contribution < -0.4 is 4.90 Å². The smallest absolute Gasteiger partial charge is 0.324 e. The Bertz CT molecular complexity index is 896. The highest BCUT2D eigenvalue weighted by Gasteiger charge is 2.36. The highest BCUT2D eigenvalue weighted by Crippen LogP contribution is 2.34. The number of carboxylic acid groups (broad SMARTS) is 1. The molecule has 1 aromatic carbocycles. The van der Waals surface area contributed by atoms with Crippen molar-refractivity contribution in [2.75, 3.05) is 37.6 Å². The Labute approximate surface area is 222 Å². The second kappa shape index (κ2) is 12.6. The molecule has 2 aliphatic carbocycles. The minimum atomic E-state index is -0.699. The second-order valence-electron chi connectivity index (χ2n) is 11.5. The molecule has 0 aromatic heterocycles. The molecule has 200 valence electrons. The Morgan fingerprint density at radius 1 is 0.861 bits per heavy atom. The molecule has 2 aliphatic heterocycles. The summed E-state index contributed by atoms with van der Waals surface area (Å²) in [5.74, 6) is 0.689. The van der Waals surface area contributed by atoms with Crippen LogP contribution in [0.5, 0.6) is 0 Å². The molecule has 2 saturated carbocycles. The largest absolute Gasteiger partial charge is 0.481 e. The number of benzene rings is 1. The monoisotopic (exact) mass is 517 g/mol. The van der Waals surface area contributed by atoms with Crippen LogP contribution in [-0.2, 0) is 17.6 Å². The Kier molecular flexibility index (Phi) is 9.57. The molecule has 0 atom stereocenters. The number of carboxylic acids is 1. The summed E-state index contributed by atoms with van der Waals surface area (Å²) in [6.45, 7) is 5.13. The number of nitrogens with zero attached hydrogens (tertiary/aromatic N) is 3. The topological polar surface area (TPSA) is 64.1 Å². The van der Waals surface area contributed by atoms with Crippen LogP contribution in [0.15, 0.2) is 18.2 Å². The standard InChI is InChI=1S/C29H43N3O3.ClH/c33-28(34)13-8-22-6-10-26(11-7-22)31-18-19-32(29(31)35)27-12-9-24-14-16-30(17-15-25(24)20-27)21-23-4-2-1-3-5-23;/h9,12,20,22-23,26H,1-8,10-11,13-19,21H2,(H,33,34);1H/t22-,26-;. The number of carbonyl (C=O) groups is 2. The van der Waals surface area contributed by atoms with Crippen molar-refractivity contribution in [1.82, 2.24) is 9.80 Å². The van der Waals surface area contributed by atoms with Crippen LogP contribution >= 0.6 is 12.4 Å². The van der Waals surface area contributed by atoms with Gasteiger partial charge in [-0.1, -0.05) is 25.3 Å². The zero-order chi connectivity index (χ0) is 24.2. The van der Waals surface area contributed by atoms with Gasteiger partial charge in [-0.25, -0.2) is 4.79 Å². The number of hydrogen-bond acceptors (Lipinski definition) is 3. The van der Waals surface area contributed by atoms with Crippen molar-refractivity contribution in [1.29, 1.82) is 0 Å². The highest BCUT2D eigenvalue weighted by atomic mass is 35.5. The van der Waals surface area contributed by atoms with Gasteiger partial charge in [0.25, 0.3) is 0 Å². The van der Waals surface area contributed by atoms with Crippen LogP contribution in [0.1, 0.15) is 81.8 Å². The van der Waals surface area contributed by atoms with Crippen molar-refractivity contribution in [2.45, 2.75) is 89.5 Å². The van der Waals surface area contributed by atoms with Gasteiger partial charge in [-0.3, -0.25) is 9.69 Å². The lowest BCUT2D eigenvalue weighted by molar-refractivity contribution is -0.137. The van der Waals surface area contributed by atoms with Gasteiger partial charge in [-0.15, -0.1) is 12.4 Å². The molecule has 2 amide bonds. The van der Waals surface area contributed by atoms with E-state index >= 15 is 0 Å². The number of fused-ring (bicyclic) bond motifs is 1. The summed E-state index contributed by atoms with van der Waals surface area (Å²) in [6, 6.07) is 7.20. The van der Waals surface area contributed by atoms with E-state index in [1.165, 1.54) is 49.8 Å². The fraction of sp³-hybridized carbons (Fsp3) is 0.724. The first kappa shape index (κ1) is 27.3. The van der Waals surface area contributed by atoms with Crippen molar-refractivity contribution in [3.63, 3.8) is 0 Å². The Morgan fingerprint density at radius 2 is 1.58 bits per heavy atom. The number of carbonyl (C=O) groups excluding carboxylic acids is 1. The van der Waals surface area contributed by atoms with Crippen LogP contribution in [-0.4, -0.2) is 65.7 Å². The molecule has 36 heavy (non-hydrogen) atoms. The minimum Gasteiger partial charge on any atom is -0.481 e. The van der Waals surface area contributed by atoms with E-state index in [1.54, 1.807) is 0 Å². The van der Waals surface area contributed by atoms with E-state index in [1.807, 2.05) is 4.90 Å². The predicted molar refractivity (Wildman–Crippen MR) is 146 cm³/mol. The Balaban J connectivity index is 0.00000304. The summed E-state index contributed by atoms with van der Waals surface area (Å²) in [7, 11) is 0. The molecule has 0 spiro atoms. The van der Waals surface area contributed by atoms with Gasteiger partial charge in [0.15, 0.2) is 0 Å².